The van der Waals surface area contributed by atoms with E-state index in [0.717, 1.165) is 29.5 Å². The number of methoxy groups -OCH3 is 1. The van der Waals surface area contributed by atoms with Crippen molar-refractivity contribution in [1.82, 2.24) is 20.2 Å². The summed E-state index contributed by atoms with van der Waals surface area (Å²) in [5.41, 5.74) is 6.31. The minimum atomic E-state index is -0.851. The van der Waals surface area contributed by atoms with Crippen LogP contribution in [0.3, 0.4) is 0 Å². The Morgan fingerprint density at radius 3 is 2.69 bits per heavy atom. The molecule has 3 aromatic carbocycles. The summed E-state index contributed by atoms with van der Waals surface area (Å²) in [5.74, 6) is -0.561. The number of ether oxygens (including phenoxy) is 2. The van der Waals surface area contributed by atoms with Gasteiger partial charge in [0, 0.05) is 54.7 Å². The summed E-state index contributed by atoms with van der Waals surface area (Å²) >= 11 is 6.98. The van der Waals surface area contributed by atoms with Crippen LogP contribution in [0.15, 0.2) is 65.2 Å². The zero-order valence-corrected chi connectivity index (χ0v) is 31.2. The highest BCUT2D eigenvalue weighted by Crippen LogP contribution is 2.39. The third kappa shape index (κ3) is 8.05. The van der Waals surface area contributed by atoms with Gasteiger partial charge in [-0.25, -0.2) is 4.98 Å². The van der Waals surface area contributed by atoms with Crippen molar-refractivity contribution in [1.29, 1.82) is 5.26 Å². The van der Waals surface area contributed by atoms with E-state index in [9.17, 15) is 25.1 Å². The topological polar surface area (TPSA) is 183 Å². The van der Waals surface area contributed by atoms with Gasteiger partial charge >= 0.3 is 5.97 Å². The number of benzene rings is 3. The number of piperidine rings is 1. The Morgan fingerprint density at radius 1 is 1.11 bits per heavy atom. The molecule has 5 aromatic rings. The maximum Gasteiger partial charge on any atom is 0.320 e. The molecule has 14 heteroatoms. The van der Waals surface area contributed by atoms with Gasteiger partial charge in [0.1, 0.15) is 29.1 Å². The normalized spacial score (nSPS) is 18.9. The first kappa shape index (κ1) is 37.9. The number of aromatic nitrogens is 2. The zero-order chi connectivity index (χ0) is 38.6. The number of halogens is 1. The van der Waals surface area contributed by atoms with Crippen LogP contribution in [0.5, 0.6) is 5.75 Å². The van der Waals surface area contributed by atoms with Crippen molar-refractivity contribution in [3.8, 4) is 34.4 Å². The molecule has 2 saturated heterocycles. The molecule has 0 aliphatic carbocycles. The van der Waals surface area contributed by atoms with Gasteiger partial charge in [0.25, 0.3) is 5.91 Å². The number of aliphatic hydroxyl groups excluding tert-OH is 1. The van der Waals surface area contributed by atoms with Crippen molar-refractivity contribution in [3.05, 3.63) is 93.8 Å². The number of anilines is 1. The molecule has 2 fully saturated rings. The van der Waals surface area contributed by atoms with Gasteiger partial charge in [-0.05, 0) is 73.7 Å². The Bertz CT molecular complexity index is 2290. The molecular weight excluding hydrogens is 724 g/mol. The monoisotopic (exact) mass is 764 g/mol. The quantitative estimate of drug-likeness (QED) is 0.117. The van der Waals surface area contributed by atoms with Crippen LogP contribution in [0.25, 0.3) is 33.7 Å². The molecule has 13 nitrogen and oxygen atoms in total. The molecular formula is C41H41ClN6O7. The number of nitrogens with one attached hydrogen (secondary N) is 2. The van der Waals surface area contributed by atoms with Gasteiger partial charge in [0.05, 0.1) is 36.1 Å². The number of nitrogens with zero attached hydrogens (tertiary/aromatic N) is 4. The molecule has 3 atom stereocenters. The van der Waals surface area contributed by atoms with Gasteiger partial charge < -0.3 is 34.7 Å². The van der Waals surface area contributed by atoms with Crippen molar-refractivity contribution in [2.75, 3.05) is 32.2 Å². The highest BCUT2D eigenvalue weighted by molar-refractivity contribution is 6.36. The lowest BCUT2D eigenvalue weighted by molar-refractivity contribution is -0.144. The lowest BCUT2D eigenvalue weighted by Gasteiger charge is -2.33. The Kier molecular flexibility index (Phi) is 11.4. The number of hydrogen-bond acceptors (Lipinski definition) is 11. The number of amides is 1. The first-order valence-corrected chi connectivity index (χ1v) is 18.6. The van der Waals surface area contributed by atoms with Crippen LogP contribution in [-0.4, -0.2) is 82.0 Å². The van der Waals surface area contributed by atoms with Gasteiger partial charge in [0.2, 0.25) is 5.89 Å². The number of aliphatic carboxylic acids is 1. The summed E-state index contributed by atoms with van der Waals surface area (Å²) < 4.78 is 17.1. The standard InChI is InChI=1S/C41H41ClN6O7/c1-23-27(7-5-8-28(23)40-47-32-16-24(15-25(18-43)38(32)55-40)19-44-30-12-14-54-22-35(30)49)29-9-6-10-31(37(29)42)46-39(50)33-17-36(53-2)26(20-45-33)21-48-13-4-3-11-34(48)41(51)52/h5-10,15-17,20,30,34-35,44,49H,3-4,11-14,19,21-22H2,1-2H3,(H,46,50)(H,51,52)/t30-,34+,35-/m1/s1. The van der Waals surface area contributed by atoms with E-state index in [2.05, 4.69) is 21.7 Å². The molecule has 7 rings (SSSR count). The maximum absolute atomic E-state index is 13.5. The summed E-state index contributed by atoms with van der Waals surface area (Å²) in [6, 6.07) is 17.8. The van der Waals surface area contributed by atoms with Gasteiger partial charge in [-0.1, -0.05) is 42.3 Å². The fourth-order valence-corrected chi connectivity index (χ4v) is 7.64. The fourth-order valence-electron chi connectivity index (χ4n) is 7.36. The summed E-state index contributed by atoms with van der Waals surface area (Å²) in [6.45, 7) is 4.23. The zero-order valence-electron chi connectivity index (χ0n) is 30.5. The van der Waals surface area contributed by atoms with E-state index in [1.807, 2.05) is 42.2 Å². The van der Waals surface area contributed by atoms with E-state index in [-0.39, 0.29) is 18.3 Å². The number of rotatable bonds is 11. The highest BCUT2D eigenvalue weighted by atomic mass is 35.5. The smallest absolute Gasteiger partial charge is 0.320 e. The number of aliphatic hydroxyl groups is 1. The highest BCUT2D eigenvalue weighted by Gasteiger charge is 2.29. The summed E-state index contributed by atoms with van der Waals surface area (Å²) in [7, 11) is 1.50. The lowest BCUT2D eigenvalue weighted by Crippen LogP contribution is -2.46. The molecule has 55 heavy (non-hydrogen) atoms. The van der Waals surface area contributed by atoms with Crippen LogP contribution < -0.4 is 15.4 Å². The number of carboxylic acids is 1. The second kappa shape index (κ2) is 16.6. The van der Waals surface area contributed by atoms with E-state index >= 15 is 0 Å². The average Bonchev–Trinajstić information content (AvgIpc) is 3.62. The van der Waals surface area contributed by atoms with Crippen LogP contribution in [0.1, 0.15) is 58.4 Å². The van der Waals surface area contributed by atoms with Gasteiger partial charge in [-0.15, -0.1) is 0 Å². The summed E-state index contributed by atoms with van der Waals surface area (Å²) in [6.07, 6.45) is 4.00. The van der Waals surface area contributed by atoms with Crippen molar-refractivity contribution < 1.29 is 33.7 Å². The van der Waals surface area contributed by atoms with E-state index < -0.39 is 24.0 Å². The molecule has 2 aromatic heterocycles. The van der Waals surface area contributed by atoms with E-state index in [0.29, 0.717) is 94.8 Å². The number of carbonyl (C=O) groups excluding carboxylic acids is 1. The number of oxazole rings is 1. The minimum absolute atomic E-state index is 0.107. The van der Waals surface area contributed by atoms with E-state index in [4.69, 9.17) is 30.5 Å². The molecule has 0 radical (unpaired) electrons. The molecule has 0 spiro atoms. The molecule has 0 saturated carbocycles. The minimum Gasteiger partial charge on any atom is -0.496 e. The van der Waals surface area contributed by atoms with Gasteiger partial charge in [0.15, 0.2) is 5.58 Å². The number of carbonyl (C=O) groups is 2. The first-order chi connectivity index (χ1) is 26.6. The van der Waals surface area contributed by atoms with Crippen LogP contribution in [-0.2, 0) is 22.6 Å². The second-order valence-electron chi connectivity index (χ2n) is 13.8. The van der Waals surface area contributed by atoms with Gasteiger partial charge in [-0.3, -0.25) is 19.5 Å². The second-order valence-corrected chi connectivity index (χ2v) is 14.2. The number of pyridine rings is 1. The van der Waals surface area contributed by atoms with Crippen LogP contribution in [0.4, 0.5) is 5.69 Å². The summed E-state index contributed by atoms with van der Waals surface area (Å²) in [4.78, 5) is 36.4. The van der Waals surface area contributed by atoms with Crippen molar-refractivity contribution >= 4 is 40.3 Å². The fraction of sp³-hybridized carbons (Fsp3) is 0.341. The molecule has 0 bridgehead atoms. The van der Waals surface area contributed by atoms with Crippen LogP contribution >= 0.6 is 11.6 Å². The number of fused-ring (bicyclic) bond motifs is 1. The van der Waals surface area contributed by atoms with Gasteiger partial charge in [-0.2, -0.15) is 5.26 Å². The number of carboxylic acid groups (broad SMARTS) is 1. The Morgan fingerprint density at radius 2 is 1.91 bits per heavy atom. The number of likely N-dealkylation sites (tertiary alicyclic amines) is 1. The van der Waals surface area contributed by atoms with Crippen LogP contribution in [0, 0.1) is 18.3 Å². The molecule has 4 N–H and O–H groups in total. The SMILES string of the molecule is COc1cc(C(=O)Nc2cccc(-c3cccc(-c4nc5cc(CN[C@@H]6CCOC[C@H]6O)cc(C#N)c5o4)c3C)c2Cl)ncc1CN1CCCC[C@H]1C(=O)O. The van der Waals surface area contributed by atoms with E-state index in [1.54, 1.807) is 30.5 Å². The van der Waals surface area contributed by atoms with E-state index in [1.165, 1.54) is 7.11 Å². The molecule has 1 amide bonds. The Balaban J connectivity index is 1.11. The van der Waals surface area contributed by atoms with Crippen molar-refractivity contribution in [2.45, 2.75) is 63.9 Å². The molecule has 2 aliphatic heterocycles. The van der Waals surface area contributed by atoms with Crippen LogP contribution in [0.2, 0.25) is 5.02 Å². The Hall–Kier alpha value is -5.36. The molecule has 4 heterocycles. The Labute approximate surface area is 322 Å². The third-order valence-electron chi connectivity index (χ3n) is 10.3. The third-order valence-corrected chi connectivity index (χ3v) is 10.7. The predicted octanol–water partition coefficient (Wildman–Crippen LogP) is 6.33. The predicted molar refractivity (Wildman–Crippen MR) is 206 cm³/mol. The van der Waals surface area contributed by atoms with Crippen molar-refractivity contribution in [3.63, 3.8) is 0 Å². The lowest BCUT2D eigenvalue weighted by atomic mass is 9.96. The number of nitriles is 1. The molecule has 0 unspecified atom stereocenters. The van der Waals surface area contributed by atoms with Crippen molar-refractivity contribution in [2.24, 2.45) is 0 Å². The number of hydrogen-bond donors (Lipinski definition) is 4. The average molecular weight is 765 g/mol. The maximum atomic E-state index is 13.5. The molecule has 2 aliphatic rings. The first-order valence-electron chi connectivity index (χ1n) is 18.2. The largest absolute Gasteiger partial charge is 0.496 e. The summed E-state index contributed by atoms with van der Waals surface area (Å²) in [5, 5.41) is 36.5. The molecule has 284 valence electrons.